The summed E-state index contributed by atoms with van der Waals surface area (Å²) in [5.41, 5.74) is 1.56. The Balaban J connectivity index is 1.33. The van der Waals surface area contributed by atoms with E-state index in [4.69, 9.17) is 23.2 Å². The zero-order valence-corrected chi connectivity index (χ0v) is 16.6. The molecule has 2 aromatic carbocycles. The number of carbonyl (C=O) groups is 2. The molecule has 140 valence electrons. The Morgan fingerprint density at radius 1 is 1.04 bits per heavy atom. The monoisotopic (exact) mass is 401 g/mol. The van der Waals surface area contributed by atoms with Gasteiger partial charge in [-0.15, -0.1) is 0 Å². The van der Waals surface area contributed by atoms with Crippen molar-refractivity contribution in [1.29, 1.82) is 0 Å². The molecule has 1 amide bonds. The van der Waals surface area contributed by atoms with E-state index in [0.29, 0.717) is 22.0 Å². The molecule has 5 rings (SSSR count). The van der Waals surface area contributed by atoms with Crippen LogP contribution in [0.25, 0.3) is 0 Å². The minimum Gasteiger partial charge on any atom is -0.326 e. The summed E-state index contributed by atoms with van der Waals surface area (Å²) in [4.78, 5) is 25.2. The first-order chi connectivity index (χ1) is 12.8. The van der Waals surface area contributed by atoms with Crippen LogP contribution in [-0.2, 0) is 4.79 Å². The minimum absolute atomic E-state index is 0.0341. The lowest BCUT2D eigenvalue weighted by molar-refractivity contribution is -0.226. The van der Waals surface area contributed by atoms with Gasteiger partial charge in [0.25, 0.3) is 0 Å². The summed E-state index contributed by atoms with van der Waals surface area (Å²) >= 11 is 11.9. The van der Waals surface area contributed by atoms with Crippen molar-refractivity contribution in [2.24, 2.45) is 16.7 Å². The summed E-state index contributed by atoms with van der Waals surface area (Å²) < 4.78 is 0. The summed E-state index contributed by atoms with van der Waals surface area (Å²) in [6.45, 7) is 1.99. The van der Waals surface area contributed by atoms with Gasteiger partial charge in [-0.05, 0) is 66.5 Å². The second-order valence-corrected chi connectivity index (χ2v) is 9.09. The Morgan fingerprint density at radius 2 is 1.70 bits per heavy atom. The van der Waals surface area contributed by atoms with Gasteiger partial charge in [0.1, 0.15) is 0 Å². The van der Waals surface area contributed by atoms with Crippen molar-refractivity contribution in [3.63, 3.8) is 0 Å². The van der Waals surface area contributed by atoms with E-state index in [2.05, 4.69) is 5.32 Å². The number of ketones is 1. The molecule has 3 aliphatic carbocycles. The lowest BCUT2D eigenvalue weighted by atomic mass is 9.31. The zero-order chi connectivity index (χ0) is 19.2. The standard InChI is InChI=1S/C22H21Cl2NO2/c1-14(20(27)25-18-7-5-16(23)6-8-18)22-11-21(12-22,13-22)10-19(26)15-3-2-4-17(24)9-15/h2-9,14H,10-13H2,1H3,(H,25,27). The van der Waals surface area contributed by atoms with E-state index in [1.807, 2.05) is 19.1 Å². The lowest BCUT2D eigenvalue weighted by Crippen LogP contribution is -2.66. The van der Waals surface area contributed by atoms with E-state index in [-0.39, 0.29) is 28.4 Å². The number of hydrogen-bond acceptors (Lipinski definition) is 2. The maximum absolute atomic E-state index is 12.6. The summed E-state index contributed by atoms with van der Waals surface area (Å²) in [6.07, 6.45) is 3.38. The highest BCUT2D eigenvalue weighted by Gasteiger charge is 2.70. The first-order valence-electron chi connectivity index (χ1n) is 9.16. The minimum atomic E-state index is -0.0728. The van der Waals surface area contributed by atoms with Crippen LogP contribution >= 0.6 is 23.2 Å². The molecule has 1 atom stereocenters. The molecule has 3 aliphatic rings. The van der Waals surface area contributed by atoms with Crippen molar-refractivity contribution >= 4 is 40.6 Å². The Hall–Kier alpha value is -1.84. The summed E-state index contributed by atoms with van der Waals surface area (Å²) in [7, 11) is 0. The van der Waals surface area contributed by atoms with Gasteiger partial charge in [-0.25, -0.2) is 0 Å². The van der Waals surface area contributed by atoms with Crippen LogP contribution in [0.3, 0.4) is 0 Å². The van der Waals surface area contributed by atoms with Gasteiger partial charge in [0.15, 0.2) is 5.78 Å². The largest absolute Gasteiger partial charge is 0.326 e. The van der Waals surface area contributed by atoms with E-state index < -0.39 is 0 Å². The van der Waals surface area contributed by atoms with Crippen LogP contribution in [-0.4, -0.2) is 11.7 Å². The third-order valence-corrected chi connectivity index (χ3v) is 6.77. The highest BCUT2D eigenvalue weighted by Crippen LogP contribution is 2.77. The number of halogens is 2. The van der Waals surface area contributed by atoms with Gasteiger partial charge in [-0.2, -0.15) is 0 Å². The van der Waals surface area contributed by atoms with Crippen molar-refractivity contribution in [3.8, 4) is 0 Å². The molecule has 0 saturated heterocycles. The van der Waals surface area contributed by atoms with E-state index in [1.165, 1.54) is 0 Å². The average molecular weight is 402 g/mol. The Morgan fingerprint density at radius 3 is 2.33 bits per heavy atom. The molecule has 27 heavy (non-hydrogen) atoms. The Labute approximate surface area is 169 Å². The molecule has 3 fully saturated rings. The van der Waals surface area contributed by atoms with E-state index in [0.717, 1.165) is 24.9 Å². The highest BCUT2D eigenvalue weighted by molar-refractivity contribution is 6.31. The van der Waals surface area contributed by atoms with Crippen molar-refractivity contribution in [2.45, 2.75) is 32.6 Å². The van der Waals surface area contributed by atoms with Crippen LogP contribution in [0.2, 0.25) is 10.0 Å². The quantitative estimate of drug-likeness (QED) is 0.602. The summed E-state index contributed by atoms with van der Waals surface area (Å²) in [5, 5.41) is 4.20. The number of amides is 1. The fourth-order valence-corrected chi connectivity index (χ4v) is 5.21. The topological polar surface area (TPSA) is 46.2 Å². The average Bonchev–Trinajstić information content (AvgIpc) is 2.58. The predicted octanol–water partition coefficient (Wildman–Crippen LogP) is 6.01. The van der Waals surface area contributed by atoms with Gasteiger partial charge in [0, 0.05) is 33.6 Å². The maximum Gasteiger partial charge on any atom is 0.227 e. The smallest absolute Gasteiger partial charge is 0.227 e. The molecule has 2 aromatic rings. The fourth-order valence-electron chi connectivity index (χ4n) is 4.90. The first kappa shape index (κ1) is 18.5. The molecule has 0 radical (unpaired) electrons. The second-order valence-electron chi connectivity index (χ2n) is 8.22. The maximum atomic E-state index is 12.6. The first-order valence-corrected chi connectivity index (χ1v) is 9.92. The predicted molar refractivity (Wildman–Crippen MR) is 108 cm³/mol. The van der Waals surface area contributed by atoms with Gasteiger partial charge in [-0.1, -0.05) is 42.3 Å². The normalized spacial score (nSPS) is 26.5. The van der Waals surface area contributed by atoms with Gasteiger partial charge in [0.05, 0.1) is 0 Å². The molecule has 0 aromatic heterocycles. The van der Waals surface area contributed by atoms with E-state index >= 15 is 0 Å². The number of carbonyl (C=O) groups excluding carboxylic acids is 2. The SMILES string of the molecule is CC(C(=O)Nc1ccc(Cl)cc1)C12CC(CC(=O)c3cccc(Cl)c3)(C1)C2. The molecular formula is C22H21Cl2NO2. The molecule has 5 heteroatoms. The molecular weight excluding hydrogens is 381 g/mol. The fraction of sp³-hybridized carbons (Fsp3) is 0.364. The van der Waals surface area contributed by atoms with Crippen molar-refractivity contribution in [3.05, 3.63) is 64.1 Å². The van der Waals surface area contributed by atoms with Crippen molar-refractivity contribution in [1.82, 2.24) is 0 Å². The molecule has 1 unspecified atom stereocenters. The third kappa shape index (κ3) is 3.39. The van der Waals surface area contributed by atoms with Crippen molar-refractivity contribution in [2.75, 3.05) is 5.32 Å². The van der Waals surface area contributed by atoms with E-state index in [1.54, 1.807) is 36.4 Å². The van der Waals surface area contributed by atoms with Gasteiger partial charge < -0.3 is 5.32 Å². The van der Waals surface area contributed by atoms with Crippen LogP contribution in [0.4, 0.5) is 5.69 Å². The van der Waals surface area contributed by atoms with Crippen LogP contribution in [0.1, 0.15) is 43.0 Å². The number of anilines is 1. The zero-order valence-electron chi connectivity index (χ0n) is 15.1. The van der Waals surface area contributed by atoms with Crippen LogP contribution in [0, 0.1) is 16.7 Å². The molecule has 3 nitrogen and oxygen atoms in total. The molecule has 0 aliphatic heterocycles. The third-order valence-electron chi connectivity index (χ3n) is 6.29. The van der Waals surface area contributed by atoms with Gasteiger partial charge in [0.2, 0.25) is 5.91 Å². The molecule has 1 N–H and O–H groups in total. The number of Topliss-reactive ketones (excluding diaryl/α,β-unsaturated/α-hetero) is 1. The van der Waals surface area contributed by atoms with Crippen molar-refractivity contribution < 1.29 is 9.59 Å². The highest BCUT2D eigenvalue weighted by atomic mass is 35.5. The van der Waals surface area contributed by atoms with Crippen LogP contribution in [0.5, 0.6) is 0 Å². The Kier molecular flexibility index (Phi) is 4.56. The second kappa shape index (κ2) is 6.65. The Bertz CT molecular complexity index is 887. The molecule has 3 saturated carbocycles. The van der Waals surface area contributed by atoms with Crippen LogP contribution in [0.15, 0.2) is 48.5 Å². The van der Waals surface area contributed by atoms with Gasteiger partial charge in [-0.3, -0.25) is 9.59 Å². The molecule has 0 spiro atoms. The molecule has 2 bridgehead atoms. The number of rotatable bonds is 6. The summed E-state index contributed by atoms with van der Waals surface area (Å²) in [5.74, 6) is 0.104. The van der Waals surface area contributed by atoms with Gasteiger partial charge >= 0.3 is 0 Å². The number of nitrogens with one attached hydrogen (secondary N) is 1. The van der Waals surface area contributed by atoms with Crippen LogP contribution < -0.4 is 5.32 Å². The summed E-state index contributed by atoms with van der Waals surface area (Å²) in [6, 6.07) is 14.3. The van der Waals surface area contributed by atoms with E-state index in [9.17, 15) is 9.59 Å². The number of hydrogen-bond donors (Lipinski definition) is 1. The lowest BCUT2D eigenvalue weighted by Gasteiger charge is -2.73. The number of benzene rings is 2. The molecule has 0 heterocycles.